The van der Waals surface area contributed by atoms with Crippen molar-refractivity contribution in [3.05, 3.63) is 28.5 Å². The van der Waals surface area contributed by atoms with Crippen LogP contribution in [0.2, 0.25) is 0 Å². The number of aliphatic hydroxyl groups is 1. The molecule has 1 aromatic rings. The van der Waals surface area contributed by atoms with E-state index in [2.05, 4.69) is 20.7 Å². The second kappa shape index (κ2) is 6.44. The Morgan fingerprint density at radius 2 is 2.06 bits per heavy atom. The highest BCUT2D eigenvalue weighted by Gasteiger charge is 2.14. The van der Waals surface area contributed by atoms with Gasteiger partial charge in [-0.25, -0.2) is 17.5 Å². The third kappa shape index (κ3) is 4.34. The lowest BCUT2D eigenvalue weighted by Crippen LogP contribution is -2.25. The van der Waals surface area contributed by atoms with E-state index in [9.17, 15) is 12.8 Å². The Kier molecular flexibility index (Phi) is 5.51. The first-order valence-corrected chi connectivity index (χ1v) is 7.30. The molecule has 0 heterocycles. The summed E-state index contributed by atoms with van der Waals surface area (Å²) in [7, 11) is -3.67. The molecule has 4 nitrogen and oxygen atoms in total. The molecule has 0 amide bonds. The van der Waals surface area contributed by atoms with Crippen LogP contribution < -0.4 is 4.72 Å². The molecule has 0 saturated heterocycles. The van der Waals surface area contributed by atoms with E-state index in [1.165, 1.54) is 12.1 Å². The van der Waals surface area contributed by atoms with Crippen LogP contribution in [0.25, 0.3) is 0 Å². The second-order valence-electron chi connectivity index (χ2n) is 3.40. The van der Waals surface area contributed by atoms with E-state index in [4.69, 9.17) is 5.11 Å². The van der Waals surface area contributed by atoms with Crippen LogP contribution in [0, 0.1) is 5.82 Å². The predicted octanol–water partition coefficient (Wildman–Crippen LogP) is 1.64. The first-order valence-electron chi connectivity index (χ1n) is 5.03. The van der Waals surface area contributed by atoms with Crippen LogP contribution >= 0.6 is 15.9 Å². The standard InChI is InChI=1S/C10H13BrFNO3S/c11-9-4-3-8(7-10(9)12)17(15,16)13-5-1-2-6-14/h3-4,7,13-14H,1-2,5-6H2. The third-order valence-electron chi connectivity index (χ3n) is 2.08. The van der Waals surface area contributed by atoms with Crippen molar-refractivity contribution in [2.75, 3.05) is 13.2 Å². The van der Waals surface area contributed by atoms with Gasteiger partial charge in [0.2, 0.25) is 10.0 Å². The molecule has 17 heavy (non-hydrogen) atoms. The van der Waals surface area contributed by atoms with Gasteiger partial charge < -0.3 is 5.11 Å². The minimum atomic E-state index is -3.67. The number of hydrogen-bond donors (Lipinski definition) is 2. The minimum absolute atomic E-state index is 0.0225. The summed E-state index contributed by atoms with van der Waals surface area (Å²) in [6.07, 6.45) is 1.06. The maximum Gasteiger partial charge on any atom is 0.240 e. The van der Waals surface area contributed by atoms with Crippen molar-refractivity contribution in [1.29, 1.82) is 0 Å². The minimum Gasteiger partial charge on any atom is -0.396 e. The first kappa shape index (κ1) is 14.6. The summed E-state index contributed by atoms with van der Waals surface area (Å²) in [5.74, 6) is -0.622. The molecule has 96 valence electrons. The molecule has 0 spiro atoms. The molecule has 1 aromatic carbocycles. The fourth-order valence-electron chi connectivity index (χ4n) is 1.17. The Balaban J connectivity index is 2.72. The molecular formula is C10H13BrFNO3S. The molecule has 7 heteroatoms. The number of unbranched alkanes of at least 4 members (excludes halogenated alkanes) is 1. The molecule has 0 bridgehead atoms. The highest BCUT2D eigenvalue weighted by Crippen LogP contribution is 2.19. The Morgan fingerprint density at radius 1 is 1.35 bits per heavy atom. The lowest BCUT2D eigenvalue weighted by molar-refractivity contribution is 0.285. The number of sulfonamides is 1. The van der Waals surface area contributed by atoms with E-state index in [0.717, 1.165) is 6.07 Å². The van der Waals surface area contributed by atoms with Crippen LogP contribution in [0.1, 0.15) is 12.8 Å². The summed E-state index contributed by atoms with van der Waals surface area (Å²) in [4.78, 5) is -0.109. The number of aliphatic hydroxyl groups excluding tert-OH is 1. The predicted molar refractivity (Wildman–Crippen MR) is 65.6 cm³/mol. The van der Waals surface area contributed by atoms with Crippen LogP contribution in [-0.2, 0) is 10.0 Å². The maximum atomic E-state index is 13.2. The number of rotatable bonds is 6. The highest BCUT2D eigenvalue weighted by atomic mass is 79.9. The highest BCUT2D eigenvalue weighted by molar-refractivity contribution is 9.10. The SMILES string of the molecule is O=S(=O)(NCCCCO)c1ccc(Br)c(F)c1. The van der Waals surface area contributed by atoms with Gasteiger partial charge in [0.1, 0.15) is 5.82 Å². The first-order chi connectivity index (χ1) is 7.97. The van der Waals surface area contributed by atoms with Crippen LogP contribution in [0.5, 0.6) is 0 Å². The summed E-state index contributed by atoms with van der Waals surface area (Å²) in [6.45, 7) is 0.245. The number of hydrogen-bond acceptors (Lipinski definition) is 3. The molecule has 0 aliphatic heterocycles. The van der Waals surface area contributed by atoms with Crippen LogP contribution in [0.4, 0.5) is 4.39 Å². The molecule has 0 radical (unpaired) electrons. The molecular weight excluding hydrogens is 313 g/mol. The molecule has 0 saturated carbocycles. The monoisotopic (exact) mass is 325 g/mol. The Morgan fingerprint density at radius 3 is 2.65 bits per heavy atom. The van der Waals surface area contributed by atoms with Crippen molar-refractivity contribution in [2.45, 2.75) is 17.7 Å². The van der Waals surface area contributed by atoms with Crippen molar-refractivity contribution >= 4 is 26.0 Å². The average molecular weight is 326 g/mol. The van der Waals surface area contributed by atoms with Gasteiger partial charge in [0.05, 0.1) is 9.37 Å². The van der Waals surface area contributed by atoms with E-state index < -0.39 is 15.8 Å². The smallest absolute Gasteiger partial charge is 0.240 e. The van der Waals surface area contributed by atoms with Gasteiger partial charge in [-0.1, -0.05) is 0 Å². The molecule has 0 fully saturated rings. The topological polar surface area (TPSA) is 66.4 Å². The van der Waals surface area contributed by atoms with Gasteiger partial charge in [0, 0.05) is 13.2 Å². The largest absolute Gasteiger partial charge is 0.396 e. The van der Waals surface area contributed by atoms with E-state index in [-0.39, 0.29) is 22.5 Å². The molecule has 0 aliphatic carbocycles. The quantitative estimate of drug-likeness (QED) is 0.781. The molecule has 0 atom stereocenters. The van der Waals surface area contributed by atoms with Gasteiger partial charge in [-0.2, -0.15) is 0 Å². The van der Waals surface area contributed by atoms with Gasteiger partial charge >= 0.3 is 0 Å². The van der Waals surface area contributed by atoms with Gasteiger partial charge in [-0.3, -0.25) is 0 Å². The zero-order valence-electron chi connectivity index (χ0n) is 8.99. The summed E-state index contributed by atoms with van der Waals surface area (Å²) >= 11 is 2.95. The van der Waals surface area contributed by atoms with Gasteiger partial charge in [0.15, 0.2) is 0 Å². The van der Waals surface area contributed by atoms with Crippen molar-refractivity contribution in [3.63, 3.8) is 0 Å². The normalized spacial score (nSPS) is 11.7. The van der Waals surface area contributed by atoms with Gasteiger partial charge in [0.25, 0.3) is 0 Å². The summed E-state index contributed by atoms with van der Waals surface area (Å²) in [5, 5.41) is 8.55. The molecule has 0 aliphatic rings. The van der Waals surface area contributed by atoms with Gasteiger partial charge in [-0.05, 0) is 47.0 Å². The fourth-order valence-corrected chi connectivity index (χ4v) is 2.50. The number of nitrogens with one attached hydrogen (secondary N) is 1. The van der Waals surface area contributed by atoms with Crippen molar-refractivity contribution in [1.82, 2.24) is 4.72 Å². The summed E-state index contributed by atoms with van der Waals surface area (Å²) in [5.41, 5.74) is 0. The van der Waals surface area contributed by atoms with Gasteiger partial charge in [-0.15, -0.1) is 0 Å². The molecule has 0 unspecified atom stereocenters. The number of benzene rings is 1. The van der Waals surface area contributed by atoms with E-state index in [1.54, 1.807) is 0 Å². The van der Waals surface area contributed by atoms with Crippen LogP contribution in [-0.4, -0.2) is 26.7 Å². The Bertz CT molecular complexity index is 478. The third-order valence-corrected chi connectivity index (χ3v) is 4.18. The molecule has 0 aromatic heterocycles. The maximum absolute atomic E-state index is 13.2. The van der Waals surface area contributed by atoms with Crippen molar-refractivity contribution in [2.24, 2.45) is 0 Å². The summed E-state index contributed by atoms with van der Waals surface area (Å²) < 4.78 is 39.1. The van der Waals surface area contributed by atoms with E-state index >= 15 is 0 Å². The lowest BCUT2D eigenvalue weighted by Gasteiger charge is -2.06. The van der Waals surface area contributed by atoms with Crippen LogP contribution in [0.15, 0.2) is 27.6 Å². The van der Waals surface area contributed by atoms with E-state index in [1.807, 2.05) is 0 Å². The summed E-state index contributed by atoms with van der Waals surface area (Å²) in [6, 6.07) is 3.62. The number of halogens is 2. The van der Waals surface area contributed by atoms with Crippen molar-refractivity contribution < 1.29 is 17.9 Å². The zero-order valence-corrected chi connectivity index (χ0v) is 11.4. The van der Waals surface area contributed by atoms with E-state index in [0.29, 0.717) is 12.8 Å². The fraction of sp³-hybridized carbons (Fsp3) is 0.400. The van der Waals surface area contributed by atoms with Crippen LogP contribution in [0.3, 0.4) is 0 Å². The average Bonchev–Trinajstić information content (AvgIpc) is 2.28. The molecule has 2 N–H and O–H groups in total. The zero-order chi connectivity index (χ0) is 12.9. The lowest BCUT2D eigenvalue weighted by atomic mass is 10.3. The van der Waals surface area contributed by atoms with Crippen molar-refractivity contribution in [3.8, 4) is 0 Å². The molecule has 1 rings (SSSR count). The Hall–Kier alpha value is -0.500. The Labute approximate surface area is 108 Å². The second-order valence-corrected chi connectivity index (χ2v) is 6.03.